The Morgan fingerprint density at radius 2 is 1.82 bits per heavy atom. The van der Waals surface area contributed by atoms with Gasteiger partial charge in [-0.3, -0.25) is 14.4 Å². The number of rotatable bonds is 11. The lowest BCUT2D eigenvalue weighted by Crippen LogP contribution is -2.58. The van der Waals surface area contributed by atoms with Gasteiger partial charge in [0, 0.05) is 13.0 Å². The topological polar surface area (TPSA) is 162 Å². The predicted octanol–water partition coefficient (Wildman–Crippen LogP) is -0.360. The number of aliphatic hydroxyl groups excluding tert-OH is 1. The first kappa shape index (κ1) is 26.3. The molecular formula is C23H34N4O6. The first-order valence-corrected chi connectivity index (χ1v) is 11.2. The first-order chi connectivity index (χ1) is 15.7. The van der Waals surface area contributed by atoms with Crippen LogP contribution in [0.15, 0.2) is 30.3 Å². The fourth-order valence-electron chi connectivity index (χ4n) is 3.78. The van der Waals surface area contributed by atoms with Crippen LogP contribution in [0.1, 0.15) is 38.7 Å². The molecule has 1 aliphatic heterocycles. The molecule has 3 amide bonds. The SMILES string of the molecule is CCC(C)C(N)C(=O)N1CCCC1C(=O)NC(Cc1ccccc1)C(=O)NC(CO)C(=O)O. The summed E-state index contributed by atoms with van der Waals surface area (Å²) in [5.41, 5.74) is 6.85. The summed E-state index contributed by atoms with van der Waals surface area (Å²) in [4.78, 5) is 51.5. The largest absolute Gasteiger partial charge is 0.480 e. The molecule has 0 aromatic heterocycles. The number of carboxylic acids is 1. The number of hydrogen-bond donors (Lipinski definition) is 5. The van der Waals surface area contributed by atoms with Crippen molar-refractivity contribution in [3.8, 4) is 0 Å². The van der Waals surface area contributed by atoms with E-state index in [0.29, 0.717) is 19.4 Å². The maximum Gasteiger partial charge on any atom is 0.328 e. The number of aliphatic carboxylic acids is 1. The predicted molar refractivity (Wildman–Crippen MR) is 121 cm³/mol. The van der Waals surface area contributed by atoms with Crippen molar-refractivity contribution in [3.05, 3.63) is 35.9 Å². The van der Waals surface area contributed by atoms with E-state index < -0.39 is 48.6 Å². The molecule has 0 saturated carbocycles. The third kappa shape index (κ3) is 7.00. The average molecular weight is 463 g/mol. The Labute approximate surface area is 193 Å². The van der Waals surface area contributed by atoms with Crippen molar-refractivity contribution in [1.29, 1.82) is 0 Å². The Hall–Kier alpha value is -2.98. The molecule has 5 unspecified atom stereocenters. The second kappa shape index (κ2) is 12.3. The van der Waals surface area contributed by atoms with E-state index in [-0.39, 0.29) is 18.2 Å². The zero-order valence-electron chi connectivity index (χ0n) is 19.1. The number of nitrogens with one attached hydrogen (secondary N) is 2. The van der Waals surface area contributed by atoms with Crippen LogP contribution in [-0.2, 0) is 25.6 Å². The van der Waals surface area contributed by atoms with E-state index in [1.165, 1.54) is 4.90 Å². The fourth-order valence-corrected chi connectivity index (χ4v) is 3.78. The summed E-state index contributed by atoms with van der Waals surface area (Å²) in [6, 6.07) is 4.89. The average Bonchev–Trinajstić information content (AvgIpc) is 3.31. The number of hydrogen-bond acceptors (Lipinski definition) is 6. The van der Waals surface area contributed by atoms with Gasteiger partial charge in [-0.1, -0.05) is 50.6 Å². The summed E-state index contributed by atoms with van der Waals surface area (Å²) in [6.45, 7) is 3.44. The minimum atomic E-state index is -1.49. The molecule has 1 heterocycles. The number of likely N-dealkylation sites (tertiary alicyclic amines) is 1. The van der Waals surface area contributed by atoms with E-state index in [1.807, 2.05) is 19.9 Å². The van der Waals surface area contributed by atoms with Gasteiger partial charge in [-0.05, 0) is 24.3 Å². The van der Waals surface area contributed by atoms with Crippen LogP contribution in [0.3, 0.4) is 0 Å². The molecule has 0 bridgehead atoms. The van der Waals surface area contributed by atoms with Gasteiger partial charge in [-0.25, -0.2) is 4.79 Å². The minimum Gasteiger partial charge on any atom is -0.480 e. The highest BCUT2D eigenvalue weighted by atomic mass is 16.4. The van der Waals surface area contributed by atoms with Gasteiger partial charge in [0.25, 0.3) is 0 Å². The summed E-state index contributed by atoms with van der Waals surface area (Å²) in [5, 5.41) is 23.3. The lowest BCUT2D eigenvalue weighted by atomic mass is 9.98. The van der Waals surface area contributed by atoms with Crippen molar-refractivity contribution in [3.63, 3.8) is 0 Å². The van der Waals surface area contributed by atoms with Crippen LogP contribution in [0, 0.1) is 5.92 Å². The van der Waals surface area contributed by atoms with Crippen molar-refractivity contribution < 1.29 is 29.4 Å². The van der Waals surface area contributed by atoms with Gasteiger partial charge in [0.15, 0.2) is 0 Å². The van der Waals surface area contributed by atoms with Gasteiger partial charge < -0.3 is 31.5 Å². The van der Waals surface area contributed by atoms with Crippen LogP contribution in [0.25, 0.3) is 0 Å². The Morgan fingerprint density at radius 3 is 2.39 bits per heavy atom. The van der Waals surface area contributed by atoms with E-state index in [9.17, 15) is 24.3 Å². The van der Waals surface area contributed by atoms with Crippen LogP contribution in [0.2, 0.25) is 0 Å². The number of nitrogens with two attached hydrogens (primary N) is 1. The summed E-state index contributed by atoms with van der Waals surface area (Å²) >= 11 is 0. The molecule has 33 heavy (non-hydrogen) atoms. The number of carboxylic acid groups (broad SMARTS) is 1. The monoisotopic (exact) mass is 462 g/mol. The van der Waals surface area contributed by atoms with Crippen molar-refractivity contribution in [2.75, 3.05) is 13.2 Å². The maximum absolute atomic E-state index is 13.1. The number of aliphatic hydroxyl groups is 1. The second-order valence-electron chi connectivity index (χ2n) is 8.43. The summed E-state index contributed by atoms with van der Waals surface area (Å²) < 4.78 is 0. The maximum atomic E-state index is 13.1. The zero-order chi connectivity index (χ0) is 24.5. The van der Waals surface area contributed by atoms with Crippen molar-refractivity contribution >= 4 is 23.7 Å². The van der Waals surface area contributed by atoms with Gasteiger partial charge in [-0.15, -0.1) is 0 Å². The Balaban J connectivity index is 2.18. The molecule has 10 nitrogen and oxygen atoms in total. The number of carbonyl (C=O) groups excluding carboxylic acids is 3. The standard InChI is InChI=1S/C23H34N4O6/c1-3-14(2)19(24)22(31)27-11-7-10-18(27)21(30)25-16(12-15-8-5-4-6-9-15)20(29)26-17(13-28)23(32)33/h4-6,8-9,14,16-19,28H,3,7,10-13,24H2,1-2H3,(H,25,30)(H,26,29)(H,32,33). The molecule has 1 aromatic rings. The van der Waals surface area contributed by atoms with Crippen molar-refractivity contribution in [2.45, 2.75) is 63.7 Å². The van der Waals surface area contributed by atoms with E-state index in [4.69, 9.17) is 10.8 Å². The molecular weight excluding hydrogens is 428 g/mol. The normalized spacial score (nSPS) is 19.3. The Morgan fingerprint density at radius 1 is 1.15 bits per heavy atom. The molecule has 1 aliphatic rings. The molecule has 2 rings (SSSR count). The minimum absolute atomic E-state index is 0.0372. The molecule has 6 N–H and O–H groups in total. The number of carbonyl (C=O) groups is 4. The highest BCUT2D eigenvalue weighted by Crippen LogP contribution is 2.21. The molecule has 0 spiro atoms. The molecule has 10 heteroatoms. The van der Waals surface area contributed by atoms with Gasteiger partial charge in [0.1, 0.15) is 18.1 Å². The Bertz CT molecular complexity index is 834. The van der Waals surface area contributed by atoms with Crippen LogP contribution >= 0.6 is 0 Å². The Kier molecular flexibility index (Phi) is 9.80. The zero-order valence-corrected chi connectivity index (χ0v) is 19.1. The van der Waals surface area contributed by atoms with Crippen LogP contribution in [-0.4, -0.2) is 76.1 Å². The third-order valence-corrected chi connectivity index (χ3v) is 6.09. The molecule has 1 saturated heterocycles. The summed E-state index contributed by atoms with van der Waals surface area (Å²) in [6.07, 6.45) is 1.92. The number of amides is 3. The quantitative estimate of drug-likeness (QED) is 0.300. The highest BCUT2D eigenvalue weighted by molar-refractivity contribution is 5.94. The molecule has 182 valence electrons. The van der Waals surface area contributed by atoms with Gasteiger partial charge in [0.05, 0.1) is 12.6 Å². The number of nitrogens with zero attached hydrogens (tertiary/aromatic N) is 1. The summed E-state index contributed by atoms with van der Waals surface area (Å²) in [5.74, 6) is -2.95. The fraction of sp³-hybridized carbons (Fsp3) is 0.565. The first-order valence-electron chi connectivity index (χ1n) is 11.2. The molecule has 0 radical (unpaired) electrons. The van der Waals surface area contributed by atoms with E-state index in [0.717, 1.165) is 12.0 Å². The van der Waals surface area contributed by atoms with Gasteiger partial charge in [-0.2, -0.15) is 0 Å². The molecule has 5 atom stereocenters. The smallest absolute Gasteiger partial charge is 0.328 e. The van der Waals surface area contributed by atoms with E-state index in [1.54, 1.807) is 24.3 Å². The van der Waals surface area contributed by atoms with Crippen LogP contribution in [0.4, 0.5) is 0 Å². The second-order valence-corrected chi connectivity index (χ2v) is 8.43. The number of benzene rings is 1. The lowest BCUT2D eigenvalue weighted by Gasteiger charge is -2.30. The van der Waals surface area contributed by atoms with Crippen molar-refractivity contribution in [2.24, 2.45) is 11.7 Å². The van der Waals surface area contributed by atoms with E-state index >= 15 is 0 Å². The molecule has 1 aromatic carbocycles. The highest BCUT2D eigenvalue weighted by Gasteiger charge is 2.38. The van der Waals surface area contributed by atoms with Gasteiger partial charge >= 0.3 is 5.97 Å². The van der Waals surface area contributed by atoms with Crippen molar-refractivity contribution in [1.82, 2.24) is 15.5 Å². The van der Waals surface area contributed by atoms with Crippen LogP contribution < -0.4 is 16.4 Å². The lowest BCUT2D eigenvalue weighted by molar-refractivity contribution is -0.144. The molecule has 1 fully saturated rings. The van der Waals surface area contributed by atoms with Gasteiger partial charge in [0.2, 0.25) is 17.7 Å². The summed E-state index contributed by atoms with van der Waals surface area (Å²) in [7, 11) is 0. The van der Waals surface area contributed by atoms with E-state index in [2.05, 4.69) is 10.6 Å². The third-order valence-electron chi connectivity index (χ3n) is 6.09. The van der Waals surface area contributed by atoms with Crippen LogP contribution in [0.5, 0.6) is 0 Å². The molecule has 0 aliphatic carbocycles.